The molecule has 0 saturated heterocycles. The molecule has 5 nitrogen and oxygen atoms in total. The maximum absolute atomic E-state index is 5.29. The SMILES string of the molecule is CCOCCc1nc2nc(NC)ccc2[nH]1. The third-order valence-electron chi connectivity index (χ3n) is 2.34. The van der Waals surface area contributed by atoms with Gasteiger partial charge in [-0.25, -0.2) is 9.97 Å². The highest BCUT2D eigenvalue weighted by Crippen LogP contribution is 2.12. The predicted octanol–water partition coefficient (Wildman–Crippen LogP) is 1.58. The van der Waals surface area contributed by atoms with Crippen LogP contribution in [0, 0.1) is 0 Å². The van der Waals surface area contributed by atoms with E-state index in [9.17, 15) is 0 Å². The van der Waals surface area contributed by atoms with Gasteiger partial charge in [-0.05, 0) is 19.1 Å². The van der Waals surface area contributed by atoms with Gasteiger partial charge in [0, 0.05) is 20.1 Å². The fourth-order valence-electron chi connectivity index (χ4n) is 1.51. The molecule has 2 heterocycles. The van der Waals surface area contributed by atoms with Crippen molar-refractivity contribution in [1.29, 1.82) is 0 Å². The molecule has 0 atom stereocenters. The van der Waals surface area contributed by atoms with E-state index in [0.717, 1.165) is 35.8 Å². The lowest BCUT2D eigenvalue weighted by molar-refractivity contribution is 0.149. The maximum atomic E-state index is 5.29. The molecule has 2 aromatic heterocycles. The van der Waals surface area contributed by atoms with Crippen molar-refractivity contribution in [2.24, 2.45) is 0 Å². The number of pyridine rings is 1. The van der Waals surface area contributed by atoms with Gasteiger partial charge in [-0.15, -0.1) is 0 Å². The topological polar surface area (TPSA) is 62.8 Å². The fraction of sp³-hybridized carbons (Fsp3) is 0.455. The van der Waals surface area contributed by atoms with Gasteiger partial charge in [-0.3, -0.25) is 0 Å². The van der Waals surface area contributed by atoms with E-state index < -0.39 is 0 Å². The molecule has 2 rings (SSSR count). The summed E-state index contributed by atoms with van der Waals surface area (Å²) in [5.41, 5.74) is 1.71. The largest absolute Gasteiger partial charge is 0.381 e. The summed E-state index contributed by atoms with van der Waals surface area (Å²) < 4.78 is 5.29. The van der Waals surface area contributed by atoms with Crippen LogP contribution in [-0.2, 0) is 11.2 Å². The van der Waals surface area contributed by atoms with Gasteiger partial charge in [0.25, 0.3) is 0 Å². The summed E-state index contributed by atoms with van der Waals surface area (Å²) in [5, 5.41) is 2.99. The summed E-state index contributed by atoms with van der Waals surface area (Å²) in [6.07, 6.45) is 0.791. The number of H-pyrrole nitrogens is 1. The van der Waals surface area contributed by atoms with Gasteiger partial charge in [-0.2, -0.15) is 0 Å². The average Bonchev–Trinajstić information content (AvgIpc) is 2.70. The molecule has 86 valence electrons. The number of aromatic amines is 1. The number of imidazole rings is 1. The fourth-order valence-corrected chi connectivity index (χ4v) is 1.51. The number of aromatic nitrogens is 3. The molecule has 0 saturated carbocycles. The average molecular weight is 220 g/mol. The Morgan fingerprint density at radius 1 is 1.38 bits per heavy atom. The summed E-state index contributed by atoms with van der Waals surface area (Å²) in [7, 11) is 1.84. The Labute approximate surface area is 94.2 Å². The van der Waals surface area contributed by atoms with Gasteiger partial charge in [0.1, 0.15) is 11.6 Å². The first-order valence-corrected chi connectivity index (χ1v) is 5.44. The number of ether oxygens (including phenoxy) is 1. The van der Waals surface area contributed by atoms with Crippen LogP contribution in [0.25, 0.3) is 11.2 Å². The van der Waals surface area contributed by atoms with Crippen LogP contribution in [0.5, 0.6) is 0 Å². The molecule has 0 aromatic carbocycles. The number of anilines is 1. The molecule has 2 N–H and O–H groups in total. The summed E-state index contributed by atoms with van der Waals surface area (Å²) >= 11 is 0. The van der Waals surface area contributed by atoms with E-state index in [-0.39, 0.29) is 0 Å². The third-order valence-corrected chi connectivity index (χ3v) is 2.34. The van der Waals surface area contributed by atoms with Crippen molar-refractivity contribution in [3.63, 3.8) is 0 Å². The molecule has 0 amide bonds. The molecule has 0 aliphatic carbocycles. The minimum Gasteiger partial charge on any atom is -0.381 e. The van der Waals surface area contributed by atoms with Crippen molar-refractivity contribution in [2.45, 2.75) is 13.3 Å². The van der Waals surface area contributed by atoms with Crippen LogP contribution in [0.1, 0.15) is 12.7 Å². The van der Waals surface area contributed by atoms with Crippen molar-refractivity contribution < 1.29 is 4.74 Å². The molecule has 5 heteroatoms. The Kier molecular flexibility index (Phi) is 3.36. The van der Waals surface area contributed by atoms with Gasteiger partial charge >= 0.3 is 0 Å². The molecule has 0 aliphatic heterocycles. The monoisotopic (exact) mass is 220 g/mol. The molecule has 0 radical (unpaired) electrons. The van der Waals surface area contributed by atoms with Crippen molar-refractivity contribution in [3.8, 4) is 0 Å². The maximum Gasteiger partial charge on any atom is 0.179 e. The number of nitrogens with one attached hydrogen (secondary N) is 2. The number of fused-ring (bicyclic) bond motifs is 1. The first-order chi connectivity index (χ1) is 7.83. The number of hydrogen-bond acceptors (Lipinski definition) is 4. The van der Waals surface area contributed by atoms with Crippen molar-refractivity contribution >= 4 is 17.0 Å². The van der Waals surface area contributed by atoms with E-state index in [1.165, 1.54) is 0 Å². The number of hydrogen-bond donors (Lipinski definition) is 2. The van der Waals surface area contributed by atoms with Crippen LogP contribution >= 0.6 is 0 Å². The van der Waals surface area contributed by atoms with E-state index >= 15 is 0 Å². The lowest BCUT2D eigenvalue weighted by Gasteiger charge is -1.96. The van der Waals surface area contributed by atoms with Gasteiger partial charge in [0.2, 0.25) is 0 Å². The van der Waals surface area contributed by atoms with Crippen molar-refractivity contribution in [3.05, 3.63) is 18.0 Å². The Balaban J connectivity index is 2.16. The highest BCUT2D eigenvalue weighted by molar-refractivity contribution is 5.72. The molecule has 2 aromatic rings. The summed E-state index contributed by atoms with van der Waals surface area (Å²) in [6.45, 7) is 3.41. The molecule has 0 spiro atoms. The lowest BCUT2D eigenvalue weighted by Crippen LogP contribution is -1.99. The Morgan fingerprint density at radius 2 is 2.25 bits per heavy atom. The predicted molar refractivity (Wildman–Crippen MR) is 63.6 cm³/mol. The Morgan fingerprint density at radius 3 is 3.00 bits per heavy atom. The summed E-state index contributed by atoms with van der Waals surface area (Å²) in [6, 6.07) is 3.90. The minimum atomic E-state index is 0.690. The summed E-state index contributed by atoms with van der Waals surface area (Å²) in [5.74, 6) is 1.75. The van der Waals surface area contributed by atoms with Gasteiger partial charge in [0.15, 0.2) is 5.65 Å². The van der Waals surface area contributed by atoms with Crippen LogP contribution in [0.2, 0.25) is 0 Å². The number of nitrogens with zero attached hydrogens (tertiary/aromatic N) is 2. The van der Waals surface area contributed by atoms with Crippen LogP contribution in [0.15, 0.2) is 12.1 Å². The second-order valence-corrected chi connectivity index (χ2v) is 3.45. The number of rotatable bonds is 5. The Bertz CT molecular complexity index is 466. The first-order valence-electron chi connectivity index (χ1n) is 5.44. The lowest BCUT2D eigenvalue weighted by atomic mass is 10.4. The van der Waals surface area contributed by atoms with Crippen LogP contribution < -0.4 is 5.32 Å². The van der Waals surface area contributed by atoms with Crippen molar-refractivity contribution in [2.75, 3.05) is 25.6 Å². The minimum absolute atomic E-state index is 0.690. The second kappa shape index (κ2) is 4.94. The molecule has 0 aliphatic rings. The zero-order valence-corrected chi connectivity index (χ0v) is 9.58. The molecule has 0 fully saturated rings. The van der Waals surface area contributed by atoms with Gasteiger partial charge in [-0.1, -0.05) is 0 Å². The highest BCUT2D eigenvalue weighted by Gasteiger charge is 2.04. The summed E-state index contributed by atoms with van der Waals surface area (Å²) in [4.78, 5) is 12.0. The van der Waals surface area contributed by atoms with Crippen molar-refractivity contribution in [1.82, 2.24) is 15.0 Å². The van der Waals surface area contributed by atoms with E-state index in [1.54, 1.807) is 0 Å². The smallest absolute Gasteiger partial charge is 0.179 e. The molecular formula is C11H16N4O. The van der Waals surface area contributed by atoms with E-state index in [4.69, 9.17) is 4.74 Å². The van der Waals surface area contributed by atoms with E-state index in [2.05, 4.69) is 20.3 Å². The second-order valence-electron chi connectivity index (χ2n) is 3.45. The van der Waals surface area contributed by atoms with Gasteiger partial charge in [0.05, 0.1) is 12.1 Å². The third kappa shape index (κ3) is 2.30. The molecule has 16 heavy (non-hydrogen) atoms. The standard InChI is InChI=1S/C11H16N4O/c1-3-16-7-6-10-13-8-4-5-9(12-2)14-11(8)15-10/h4-5H,3,6-7H2,1-2H3,(H2,12,13,14,15). The van der Waals surface area contributed by atoms with Gasteiger partial charge < -0.3 is 15.0 Å². The first kappa shape index (κ1) is 10.9. The molecule has 0 unspecified atom stereocenters. The normalized spacial score (nSPS) is 10.9. The van der Waals surface area contributed by atoms with Crippen LogP contribution in [0.4, 0.5) is 5.82 Å². The zero-order chi connectivity index (χ0) is 11.4. The van der Waals surface area contributed by atoms with E-state index in [1.807, 2.05) is 26.1 Å². The van der Waals surface area contributed by atoms with Crippen LogP contribution in [-0.4, -0.2) is 35.2 Å². The quantitative estimate of drug-likeness (QED) is 0.751. The highest BCUT2D eigenvalue weighted by atomic mass is 16.5. The molecule has 0 bridgehead atoms. The zero-order valence-electron chi connectivity index (χ0n) is 9.58. The van der Waals surface area contributed by atoms with E-state index in [0.29, 0.717) is 6.61 Å². The Hall–Kier alpha value is -1.62. The van der Waals surface area contributed by atoms with Crippen LogP contribution in [0.3, 0.4) is 0 Å². The molecular weight excluding hydrogens is 204 g/mol.